The summed E-state index contributed by atoms with van der Waals surface area (Å²) in [7, 11) is 0.196. The van der Waals surface area contributed by atoms with E-state index in [0.29, 0.717) is 17.0 Å². The molecule has 0 saturated carbocycles. The molecule has 0 aliphatic carbocycles. The first-order valence-corrected chi connectivity index (χ1v) is 11.8. The van der Waals surface area contributed by atoms with Gasteiger partial charge in [-0.15, -0.1) is 0 Å². The monoisotopic (exact) mass is 354 g/mol. The third-order valence-electron chi connectivity index (χ3n) is 4.40. The van der Waals surface area contributed by atoms with Gasteiger partial charge in [0.25, 0.3) is 0 Å². The maximum absolute atomic E-state index is 7.63. The Balaban J connectivity index is 1.96. The second-order valence-corrected chi connectivity index (χ2v) is 12.4. The van der Waals surface area contributed by atoms with E-state index in [1.54, 1.807) is 16.8 Å². The van der Waals surface area contributed by atoms with E-state index < -0.39 is 14.9 Å². The van der Waals surface area contributed by atoms with Crippen LogP contribution < -0.4 is 10.0 Å². The van der Waals surface area contributed by atoms with Gasteiger partial charge in [-0.2, -0.15) is 14.6 Å². The number of pyridine rings is 1. The molecule has 4 aromatic rings. The normalized spacial score (nSPS) is 14.7. The Bertz CT molecular complexity index is 1220. The highest BCUT2D eigenvalue weighted by molar-refractivity contribution is 6.87. The van der Waals surface area contributed by atoms with Crippen LogP contribution in [-0.2, 0) is 7.05 Å². The Morgan fingerprint density at radius 1 is 1.20 bits per heavy atom. The fraction of sp³-hybridized carbons (Fsp3) is 0.316. The van der Waals surface area contributed by atoms with E-state index >= 15 is 0 Å². The van der Waals surface area contributed by atoms with Crippen molar-refractivity contribution in [1.29, 1.82) is 0 Å². The van der Waals surface area contributed by atoms with Crippen molar-refractivity contribution in [3.63, 3.8) is 0 Å². The first-order chi connectivity index (χ1) is 13.0. The van der Waals surface area contributed by atoms with Gasteiger partial charge in [0.1, 0.15) is 26.1 Å². The molecule has 0 atom stereocenters. The molecular formula is C19H23N4OSi+. The van der Waals surface area contributed by atoms with Gasteiger partial charge in [-0.05, 0) is 31.5 Å². The lowest BCUT2D eigenvalue weighted by Gasteiger charge is -2.09. The summed E-state index contributed by atoms with van der Waals surface area (Å²) in [6.07, 6.45) is 1.65. The summed E-state index contributed by atoms with van der Waals surface area (Å²) in [5, 5.41) is 4.70. The van der Waals surface area contributed by atoms with Crippen LogP contribution in [-0.4, -0.2) is 22.7 Å². The molecule has 0 aliphatic heterocycles. The molecule has 25 heavy (non-hydrogen) atoms. The summed E-state index contributed by atoms with van der Waals surface area (Å²) >= 11 is 0. The molecule has 0 amide bonds. The van der Waals surface area contributed by atoms with Gasteiger partial charge in [0.05, 0.1) is 5.56 Å². The van der Waals surface area contributed by atoms with E-state index in [1.165, 1.54) is 0 Å². The van der Waals surface area contributed by atoms with E-state index in [0.717, 1.165) is 27.8 Å². The van der Waals surface area contributed by atoms with Crippen molar-refractivity contribution in [3.8, 4) is 11.3 Å². The molecule has 0 fully saturated rings. The van der Waals surface area contributed by atoms with Gasteiger partial charge < -0.3 is 4.42 Å². The second-order valence-electron chi connectivity index (χ2n) is 7.50. The number of fused-ring (bicyclic) bond motifs is 3. The number of hydrogen-bond donors (Lipinski definition) is 0. The van der Waals surface area contributed by atoms with Gasteiger partial charge in [-0.1, -0.05) is 25.7 Å². The standard InChI is InChI=1S/C19H23N4OSi/c1-12-7-9-14(22(3)11-12)16-13(2)8-10-15-17(16)24-19-20-18(21-23(15)19)25(4,5)6/h7-11H,1-6H3/q+1/i1D3. The lowest BCUT2D eigenvalue weighted by molar-refractivity contribution is -0.660. The minimum Gasteiger partial charge on any atom is -0.421 e. The summed E-state index contributed by atoms with van der Waals surface area (Å²) < 4.78 is 32.6. The van der Waals surface area contributed by atoms with Crippen LogP contribution in [0.15, 0.2) is 34.9 Å². The van der Waals surface area contributed by atoms with Gasteiger partial charge in [0.15, 0.2) is 11.8 Å². The molecule has 3 heterocycles. The summed E-state index contributed by atoms with van der Waals surface area (Å²) in [6.45, 7) is 6.47. The molecule has 1 aromatic carbocycles. The Morgan fingerprint density at radius 3 is 2.68 bits per heavy atom. The molecule has 3 aromatic heterocycles. The van der Waals surface area contributed by atoms with Crippen LogP contribution in [0.5, 0.6) is 0 Å². The maximum Gasteiger partial charge on any atom is 0.325 e. The van der Waals surface area contributed by atoms with Gasteiger partial charge in [-0.3, -0.25) is 0 Å². The Morgan fingerprint density at radius 2 is 2.00 bits per heavy atom. The summed E-state index contributed by atoms with van der Waals surface area (Å²) in [4.78, 5) is 4.62. The lowest BCUT2D eigenvalue weighted by atomic mass is 10.0. The molecule has 6 heteroatoms. The molecule has 0 spiro atoms. The number of aryl methyl sites for hydroxylation is 3. The van der Waals surface area contributed by atoms with Crippen LogP contribution in [0.4, 0.5) is 0 Å². The first-order valence-electron chi connectivity index (χ1n) is 9.77. The molecular weight excluding hydrogens is 328 g/mol. The van der Waals surface area contributed by atoms with Crippen LogP contribution in [0.1, 0.15) is 15.2 Å². The van der Waals surface area contributed by atoms with Crippen molar-refractivity contribution >= 4 is 30.5 Å². The van der Waals surface area contributed by atoms with Crippen molar-refractivity contribution < 1.29 is 13.1 Å². The number of oxazole rings is 1. The Labute approximate surface area is 152 Å². The highest BCUT2D eigenvalue weighted by atomic mass is 28.3. The van der Waals surface area contributed by atoms with Gasteiger partial charge in [-0.25, -0.2) is 4.57 Å². The molecule has 0 aliphatic rings. The number of nitrogens with zero attached hydrogens (tertiary/aromatic N) is 4. The second kappa shape index (κ2) is 5.26. The van der Waals surface area contributed by atoms with Crippen LogP contribution >= 0.6 is 0 Å². The fourth-order valence-electron chi connectivity index (χ4n) is 3.06. The van der Waals surface area contributed by atoms with Crippen LogP contribution in [0, 0.1) is 13.8 Å². The zero-order valence-corrected chi connectivity index (χ0v) is 16.1. The molecule has 0 saturated heterocycles. The number of rotatable bonds is 2. The molecule has 0 radical (unpaired) electrons. The third kappa shape index (κ3) is 2.48. The molecule has 5 nitrogen and oxygen atoms in total. The van der Waals surface area contributed by atoms with Gasteiger partial charge >= 0.3 is 5.84 Å². The van der Waals surface area contributed by atoms with Crippen molar-refractivity contribution in [1.82, 2.24) is 14.6 Å². The summed E-state index contributed by atoms with van der Waals surface area (Å²) in [5.41, 5.74) is 5.55. The SMILES string of the molecule is [2H]C([2H])([2H])c1ccc(-c2c(C)ccc3c2oc2nc([Si](C)(C)C)nn23)[n+](C)c1. The molecule has 0 unspecified atom stereocenters. The van der Waals surface area contributed by atoms with Gasteiger partial charge in [0, 0.05) is 15.7 Å². The number of benzene rings is 1. The van der Waals surface area contributed by atoms with Crippen molar-refractivity contribution in [2.75, 3.05) is 0 Å². The Kier molecular flexibility index (Phi) is 2.70. The van der Waals surface area contributed by atoms with E-state index in [1.807, 2.05) is 36.7 Å². The zero-order chi connectivity index (χ0) is 20.4. The largest absolute Gasteiger partial charge is 0.421 e. The van der Waals surface area contributed by atoms with Gasteiger partial charge in [0.2, 0.25) is 5.69 Å². The molecule has 4 rings (SSSR count). The van der Waals surface area contributed by atoms with E-state index in [4.69, 9.17) is 13.6 Å². The van der Waals surface area contributed by atoms with Crippen molar-refractivity contribution in [3.05, 3.63) is 41.6 Å². The maximum atomic E-state index is 7.63. The topological polar surface area (TPSA) is 47.2 Å². The summed E-state index contributed by atoms with van der Waals surface area (Å²) in [5.74, 6) is 0.487. The average Bonchev–Trinajstić information content (AvgIpc) is 3.12. The molecule has 128 valence electrons. The predicted molar refractivity (Wildman–Crippen MR) is 102 cm³/mol. The van der Waals surface area contributed by atoms with Crippen molar-refractivity contribution in [2.45, 2.75) is 33.4 Å². The average molecular weight is 355 g/mol. The summed E-state index contributed by atoms with van der Waals surface area (Å²) in [6, 6.07) is 7.50. The Hall–Kier alpha value is -2.47. The molecule has 0 N–H and O–H groups in total. The highest BCUT2D eigenvalue weighted by Crippen LogP contribution is 2.31. The van der Waals surface area contributed by atoms with E-state index in [9.17, 15) is 0 Å². The minimum atomic E-state index is -2.14. The third-order valence-corrected chi connectivity index (χ3v) is 5.96. The predicted octanol–water partition coefficient (Wildman–Crippen LogP) is 3.13. The van der Waals surface area contributed by atoms with Crippen LogP contribution in [0.25, 0.3) is 28.2 Å². The smallest absolute Gasteiger partial charge is 0.325 e. The van der Waals surface area contributed by atoms with E-state index in [2.05, 4.69) is 24.6 Å². The van der Waals surface area contributed by atoms with Crippen LogP contribution in [0.2, 0.25) is 19.6 Å². The quantitative estimate of drug-likeness (QED) is 0.410. The highest BCUT2D eigenvalue weighted by Gasteiger charge is 2.26. The van der Waals surface area contributed by atoms with E-state index in [-0.39, 0.29) is 0 Å². The first kappa shape index (κ1) is 12.8. The lowest BCUT2D eigenvalue weighted by Crippen LogP contribution is -2.40. The fourth-order valence-corrected chi connectivity index (χ4v) is 3.89. The van der Waals surface area contributed by atoms with Crippen LogP contribution in [0.3, 0.4) is 0 Å². The van der Waals surface area contributed by atoms with Crippen molar-refractivity contribution in [2.24, 2.45) is 7.05 Å². The number of aromatic nitrogens is 4. The zero-order valence-electron chi connectivity index (χ0n) is 18.1. The minimum absolute atomic E-state index is 0.305. The molecule has 0 bridgehead atoms. The number of hydrogen-bond acceptors (Lipinski definition) is 3.